The fraction of sp³-hybridized carbons (Fsp3) is 0.462. The minimum atomic E-state index is -0.178. The summed E-state index contributed by atoms with van der Waals surface area (Å²) in [6.07, 6.45) is 0.293. The molecule has 0 aromatic heterocycles. The first-order chi connectivity index (χ1) is 8.15. The highest BCUT2D eigenvalue weighted by atomic mass is 16.6. The molecule has 4 nitrogen and oxygen atoms in total. The van der Waals surface area contributed by atoms with Gasteiger partial charge in [0.1, 0.15) is 6.10 Å². The summed E-state index contributed by atoms with van der Waals surface area (Å²) < 4.78 is 15.7. The average Bonchev–Trinajstić information content (AvgIpc) is 2.67. The van der Waals surface area contributed by atoms with Gasteiger partial charge >= 0.3 is 5.97 Å². The minimum Gasteiger partial charge on any atom is -0.493 e. The highest BCUT2D eigenvalue weighted by molar-refractivity contribution is 5.72. The van der Waals surface area contributed by atoms with Crippen LogP contribution < -0.4 is 9.47 Å². The highest BCUT2D eigenvalue weighted by Gasteiger charge is 2.32. The van der Waals surface area contributed by atoms with E-state index < -0.39 is 0 Å². The van der Waals surface area contributed by atoms with E-state index in [1.54, 1.807) is 14.2 Å². The Labute approximate surface area is 100 Å². The molecule has 0 saturated carbocycles. The quantitative estimate of drug-likeness (QED) is 0.755. The van der Waals surface area contributed by atoms with Crippen LogP contribution in [0.3, 0.4) is 0 Å². The first kappa shape index (κ1) is 11.8. The Bertz CT molecular complexity index is 427. The molecule has 0 spiro atoms. The molecule has 0 N–H and O–H groups in total. The number of hydrogen-bond donors (Lipinski definition) is 0. The van der Waals surface area contributed by atoms with Crippen LogP contribution >= 0.6 is 0 Å². The SMILES string of the molecule is COc1ccc([C@@H]2OC(=O)C[C@@H]2C)cc1OC. The molecule has 1 aromatic carbocycles. The van der Waals surface area contributed by atoms with E-state index in [-0.39, 0.29) is 18.0 Å². The fourth-order valence-electron chi connectivity index (χ4n) is 2.10. The lowest BCUT2D eigenvalue weighted by molar-refractivity contribution is -0.141. The summed E-state index contributed by atoms with van der Waals surface area (Å²) in [6.45, 7) is 2.01. The third kappa shape index (κ3) is 2.20. The Kier molecular flexibility index (Phi) is 3.22. The van der Waals surface area contributed by atoms with E-state index in [0.29, 0.717) is 17.9 Å². The maximum Gasteiger partial charge on any atom is 0.306 e. The molecule has 0 radical (unpaired) electrons. The van der Waals surface area contributed by atoms with E-state index in [1.165, 1.54) is 0 Å². The molecule has 1 fully saturated rings. The zero-order valence-electron chi connectivity index (χ0n) is 10.2. The van der Waals surface area contributed by atoms with Gasteiger partial charge in [0.05, 0.1) is 20.6 Å². The number of cyclic esters (lactones) is 1. The molecule has 1 saturated heterocycles. The van der Waals surface area contributed by atoms with Crippen molar-refractivity contribution in [3.05, 3.63) is 23.8 Å². The second kappa shape index (κ2) is 4.65. The lowest BCUT2D eigenvalue weighted by Gasteiger charge is -2.16. The summed E-state index contributed by atoms with van der Waals surface area (Å²) in [6, 6.07) is 5.59. The first-order valence-corrected chi connectivity index (χ1v) is 5.57. The standard InChI is InChI=1S/C13H16O4/c1-8-6-12(14)17-13(8)9-4-5-10(15-2)11(7-9)16-3/h4-5,7-8,13H,6H2,1-3H3/t8-,13+/m0/s1. The molecule has 17 heavy (non-hydrogen) atoms. The number of benzene rings is 1. The van der Waals surface area contributed by atoms with Crippen LogP contribution in [0.15, 0.2) is 18.2 Å². The Morgan fingerprint density at radius 2 is 1.94 bits per heavy atom. The third-order valence-corrected chi connectivity index (χ3v) is 3.00. The van der Waals surface area contributed by atoms with E-state index in [1.807, 2.05) is 25.1 Å². The van der Waals surface area contributed by atoms with Crippen LogP contribution in [0.5, 0.6) is 11.5 Å². The van der Waals surface area contributed by atoms with Crippen LogP contribution in [0.4, 0.5) is 0 Å². The van der Waals surface area contributed by atoms with Crippen LogP contribution in [0.25, 0.3) is 0 Å². The molecule has 0 unspecified atom stereocenters. The Balaban J connectivity index is 2.30. The van der Waals surface area contributed by atoms with Gasteiger partial charge in [-0.1, -0.05) is 13.0 Å². The molecule has 2 rings (SSSR count). The summed E-state index contributed by atoms with van der Waals surface area (Å²) in [7, 11) is 3.18. The van der Waals surface area contributed by atoms with Crippen LogP contribution in [-0.4, -0.2) is 20.2 Å². The van der Waals surface area contributed by atoms with Crippen molar-refractivity contribution in [3.63, 3.8) is 0 Å². The van der Waals surface area contributed by atoms with E-state index in [0.717, 1.165) is 5.56 Å². The van der Waals surface area contributed by atoms with Crippen molar-refractivity contribution in [1.82, 2.24) is 0 Å². The van der Waals surface area contributed by atoms with Gasteiger partial charge in [-0.25, -0.2) is 0 Å². The summed E-state index contributed by atoms with van der Waals surface area (Å²) in [4.78, 5) is 11.2. The molecular weight excluding hydrogens is 220 g/mol. The largest absolute Gasteiger partial charge is 0.493 e. The zero-order chi connectivity index (χ0) is 12.4. The van der Waals surface area contributed by atoms with Gasteiger partial charge < -0.3 is 14.2 Å². The molecular formula is C13H16O4. The van der Waals surface area contributed by atoms with Crippen LogP contribution in [-0.2, 0) is 9.53 Å². The van der Waals surface area contributed by atoms with Crippen molar-refractivity contribution in [1.29, 1.82) is 0 Å². The molecule has 1 aromatic rings. The van der Waals surface area contributed by atoms with Crippen molar-refractivity contribution < 1.29 is 19.0 Å². The molecule has 2 atom stereocenters. The van der Waals surface area contributed by atoms with Crippen LogP contribution in [0.2, 0.25) is 0 Å². The van der Waals surface area contributed by atoms with Gasteiger partial charge in [-0.05, 0) is 17.7 Å². The van der Waals surface area contributed by atoms with Crippen molar-refractivity contribution in [2.75, 3.05) is 14.2 Å². The summed E-state index contributed by atoms with van der Waals surface area (Å²) >= 11 is 0. The van der Waals surface area contributed by atoms with Gasteiger partial charge in [0, 0.05) is 5.92 Å². The molecule has 0 bridgehead atoms. The lowest BCUT2D eigenvalue weighted by Crippen LogP contribution is -2.04. The van der Waals surface area contributed by atoms with Gasteiger partial charge in [-0.15, -0.1) is 0 Å². The molecule has 0 aliphatic carbocycles. The fourth-order valence-corrected chi connectivity index (χ4v) is 2.10. The smallest absolute Gasteiger partial charge is 0.306 e. The number of hydrogen-bond acceptors (Lipinski definition) is 4. The zero-order valence-corrected chi connectivity index (χ0v) is 10.2. The Morgan fingerprint density at radius 1 is 1.24 bits per heavy atom. The number of esters is 1. The van der Waals surface area contributed by atoms with Gasteiger partial charge in [0.15, 0.2) is 11.5 Å². The normalized spacial score (nSPS) is 23.4. The van der Waals surface area contributed by atoms with Crippen LogP contribution in [0, 0.1) is 5.92 Å². The van der Waals surface area contributed by atoms with E-state index in [9.17, 15) is 4.79 Å². The number of carbonyl (C=O) groups is 1. The molecule has 1 aliphatic heterocycles. The maximum absolute atomic E-state index is 11.2. The summed E-state index contributed by atoms with van der Waals surface area (Å²) in [5.74, 6) is 1.38. The predicted molar refractivity (Wildman–Crippen MR) is 62.2 cm³/mol. The van der Waals surface area contributed by atoms with E-state index >= 15 is 0 Å². The maximum atomic E-state index is 11.2. The van der Waals surface area contributed by atoms with Crippen LogP contribution in [0.1, 0.15) is 25.0 Å². The van der Waals surface area contributed by atoms with Crippen molar-refractivity contribution in [2.45, 2.75) is 19.4 Å². The van der Waals surface area contributed by atoms with Gasteiger partial charge in [0.25, 0.3) is 0 Å². The monoisotopic (exact) mass is 236 g/mol. The summed E-state index contributed by atoms with van der Waals surface area (Å²) in [5.41, 5.74) is 0.945. The lowest BCUT2D eigenvalue weighted by atomic mass is 9.97. The number of methoxy groups -OCH3 is 2. The number of carbonyl (C=O) groups excluding carboxylic acids is 1. The minimum absolute atomic E-state index is 0.141. The van der Waals surface area contributed by atoms with Gasteiger partial charge in [-0.2, -0.15) is 0 Å². The second-order valence-corrected chi connectivity index (χ2v) is 4.21. The van der Waals surface area contributed by atoms with E-state index in [4.69, 9.17) is 14.2 Å². The van der Waals surface area contributed by atoms with Crippen molar-refractivity contribution >= 4 is 5.97 Å². The third-order valence-electron chi connectivity index (χ3n) is 3.00. The highest BCUT2D eigenvalue weighted by Crippen LogP contribution is 2.38. The van der Waals surface area contributed by atoms with Crippen molar-refractivity contribution in [2.24, 2.45) is 5.92 Å². The molecule has 92 valence electrons. The van der Waals surface area contributed by atoms with Gasteiger partial charge in [0.2, 0.25) is 0 Å². The average molecular weight is 236 g/mol. The van der Waals surface area contributed by atoms with E-state index in [2.05, 4.69) is 0 Å². The first-order valence-electron chi connectivity index (χ1n) is 5.57. The molecule has 4 heteroatoms. The Hall–Kier alpha value is -1.71. The van der Waals surface area contributed by atoms with Crippen molar-refractivity contribution in [3.8, 4) is 11.5 Å². The second-order valence-electron chi connectivity index (χ2n) is 4.21. The molecule has 1 aliphatic rings. The summed E-state index contributed by atoms with van der Waals surface area (Å²) in [5, 5.41) is 0. The molecule has 1 heterocycles. The predicted octanol–water partition coefficient (Wildman–Crippen LogP) is 2.33. The Morgan fingerprint density at radius 3 is 2.47 bits per heavy atom. The topological polar surface area (TPSA) is 44.8 Å². The van der Waals surface area contributed by atoms with Gasteiger partial charge in [-0.3, -0.25) is 4.79 Å². The number of rotatable bonds is 3. The molecule has 0 amide bonds. The number of ether oxygens (including phenoxy) is 3.